The molecule has 0 aromatic heterocycles. The molecule has 0 heterocycles. The predicted molar refractivity (Wildman–Crippen MR) is 60.8 cm³/mol. The first kappa shape index (κ1) is 10.1. The number of carbonyl (C=O) groups is 1. The lowest BCUT2D eigenvalue weighted by Gasteiger charge is -2.23. The second-order valence-electron chi connectivity index (χ2n) is 3.62. The Morgan fingerprint density at radius 1 is 1.43 bits per heavy atom. The van der Waals surface area contributed by atoms with E-state index >= 15 is 0 Å². The smallest absolute Gasteiger partial charge is 0.168 e. The fourth-order valence-corrected chi connectivity index (χ4v) is 2.07. The highest BCUT2D eigenvalue weighted by molar-refractivity contribution is 14.1. The molecule has 2 rings (SSSR count). The van der Waals surface area contributed by atoms with Crippen molar-refractivity contribution in [2.45, 2.75) is 19.3 Å². The second-order valence-corrected chi connectivity index (χ2v) is 4.86. The molecule has 1 aromatic rings. The summed E-state index contributed by atoms with van der Waals surface area (Å²) in [4.78, 5) is 11.8. The molecule has 1 fully saturated rings. The molecule has 1 aliphatic rings. The monoisotopic (exact) mass is 304 g/mol. The lowest BCUT2D eigenvalue weighted by Crippen LogP contribution is -2.22. The minimum atomic E-state index is -0.387. The molecule has 0 saturated heterocycles. The van der Waals surface area contributed by atoms with E-state index in [4.69, 9.17) is 0 Å². The Kier molecular flexibility index (Phi) is 2.85. The number of carbonyl (C=O) groups excluding carboxylic acids is 1. The van der Waals surface area contributed by atoms with Gasteiger partial charge in [0.2, 0.25) is 0 Å². The Labute approximate surface area is 95.8 Å². The van der Waals surface area contributed by atoms with Crippen molar-refractivity contribution in [1.82, 2.24) is 0 Å². The Morgan fingerprint density at radius 2 is 2.14 bits per heavy atom. The van der Waals surface area contributed by atoms with Crippen LogP contribution in [0.5, 0.6) is 0 Å². The molecular weight excluding hydrogens is 294 g/mol. The van der Waals surface area contributed by atoms with E-state index in [0.29, 0.717) is 0 Å². The van der Waals surface area contributed by atoms with Gasteiger partial charge in [0, 0.05) is 9.49 Å². The zero-order valence-electron chi connectivity index (χ0n) is 7.59. The Balaban J connectivity index is 2.29. The minimum absolute atomic E-state index is 0.0210. The van der Waals surface area contributed by atoms with Gasteiger partial charge in [-0.1, -0.05) is 6.42 Å². The summed E-state index contributed by atoms with van der Waals surface area (Å²) in [6.45, 7) is 0. The molecular formula is C11H10FIO. The largest absolute Gasteiger partial charge is 0.294 e. The molecule has 0 atom stereocenters. The maximum atomic E-state index is 13.3. The van der Waals surface area contributed by atoms with Crippen molar-refractivity contribution < 1.29 is 9.18 Å². The molecule has 0 aliphatic heterocycles. The quantitative estimate of drug-likeness (QED) is 0.604. The van der Waals surface area contributed by atoms with Crippen LogP contribution in [-0.4, -0.2) is 5.78 Å². The van der Waals surface area contributed by atoms with E-state index in [-0.39, 0.29) is 23.1 Å². The molecule has 0 radical (unpaired) electrons. The van der Waals surface area contributed by atoms with Crippen LogP contribution in [0, 0.1) is 15.3 Å². The topological polar surface area (TPSA) is 17.1 Å². The Morgan fingerprint density at radius 3 is 2.71 bits per heavy atom. The molecule has 1 nitrogen and oxygen atoms in total. The predicted octanol–water partition coefficient (Wildman–Crippen LogP) is 3.41. The van der Waals surface area contributed by atoms with Crippen molar-refractivity contribution in [1.29, 1.82) is 0 Å². The number of halogens is 2. The van der Waals surface area contributed by atoms with Crippen molar-refractivity contribution in [3.8, 4) is 0 Å². The highest BCUT2D eigenvalue weighted by Gasteiger charge is 2.27. The number of Topliss-reactive ketones (excluding diaryl/α,β-unsaturated/α-hetero) is 1. The molecule has 3 heteroatoms. The third-order valence-corrected chi connectivity index (χ3v) is 3.34. The van der Waals surface area contributed by atoms with E-state index in [1.807, 2.05) is 0 Å². The van der Waals surface area contributed by atoms with E-state index in [0.717, 1.165) is 22.8 Å². The zero-order valence-corrected chi connectivity index (χ0v) is 9.75. The van der Waals surface area contributed by atoms with Crippen LogP contribution < -0.4 is 0 Å². The Hall–Kier alpha value is -0.450. The van der Waals surface area contributed by atoms with E-state index in [9.17, 15) is 9.18 Å². The highest BCUT2D eigenvalue weighted by atomic mass is 127. The number of hydrogen-bond donors (Lipinski definition) is 0. The lowest BCUT2D eigenvalue weighted by molar-refractivity contribution is 0.0851. The Bertz CT molecular complexity index is 372. The maximum Gasteiger partial charge on any atom is 0.168 e. The number of ketones is 1. The van der Waals surface area contributed by atoms with Crippen LogP contribution in [0.4, 0.5) is 4.39 Å². The van der Waals surface area contributed by atoms with Crippen LogP contribution in [0.15, 0.2) is 18.2 Å². The van der Waals surface area contributed by atoms with Gasteiger partial charge in [0.05, 0.1) is 5.56 Å². The average Bonchev–Trinajstić information content (AvgIpc) is 2.06. The fourth-order valence-electron chi connectivity index (χ4n) is 1.58. The van der Waals surface area contributed by atoms with Crippen molar-refractivity contribution in [3.05, 3.63) is 33.1 Å². The number of hydrogen-bond acceptors (Lipinski definition) is 1. The minimum Gasteiger partial charge on any atom is -0.294 e. The summed E-state index contributed by atoms with van der Waals surface area (Å²) in [5.41, 5.74) is 0.265. The highest BCUT2D eigenvalue weighted by Crippen LogP contribution is 2.30. The molecule has 0 N–H and O–H groups in total. The summed E-state index contributed by atoms with van der Waals surface area (Å²) in [6, 6.07) is 4.68. The molecule has 74 valence electrons. The number of rotatable bonds is 2. The molecule has 1 saturated carbocycles. The summed E-state index contributed by atoms with van der Waals surface area (Å²) in [5, 5.41) is 0. The first-order chi connectivity index (χ1) is 6.68. The van der Waals surface area contributed by atoms with Crippen molar-refractivity contribution in [2.75, 3.05) is 0 Å². The van der Waals surface area contributed by atoms with Gasteiger partial charge in [0.15, 0.2) is 5.78 Å². The van der Waals surface area contributed by atoms with Crippen LogP contribution in [-0.2, 0) is 0 Å². The van der Waals surface area contributed by atoms with Crippen LogP contribution >= 0.6 is 22.6 Å². The standard InChI is InChI=1S/C11H10FIO/c12-10-5-4-8(13)6-9(10)11(14)7-2-1-3-7/h4-7H,1-3H2. The normalized spacial score (nSPS) is 16.4. The van der Waals surface area contributed by atoms with Crippen molar-refractivity contribution in [2.24, 2.45) is 5.92 Å². The zero-order chi connectivity index (χ0) is 10.1. The summed E-state index contributed by atoms with van der Waals surface area (Å²) in [5.74, 6) is -0.336. The van der Waals surface area contributed by atoms with Gasteiger partial charge in [-0.3, -0.25) is 4.79 Å². The van der Waals surface area contributed by atoms with E-state index in [2.05, 4.69) is 22.6 Å². The van der Waals surface area contributed by atoms with Gasteiger partial charge in [0.1, 0.15) is 5.82 Å². The van der Waals surface area contributed by atoms with Crippen molar-refractivity contribution >= 4 is 28.4 Å². The maximum absolute atomic E-state index is 13.3. The summed E-state index contributed by atoms with van der Waals surface area (Å²) in [6.07, 6.45) is 2.94. The van der Waals surface area contributed by atoms with Gasteiger partial charge in [-0.2, -0.15) is 0 Å². The van der Waals surface area contributed by atoms with Gasteiger partial charge in [-0.25, -0.2) is 4.39 Å². The molecule has 0 bridgehead atoms. The van der Waals surface area contributed by atoms with Crippen LogP contribution in [0.25, 0.3) is 0 Å². The van der Waals surface area contributed by atoms with Crippen LogP contribution in [0.3, 0.4) is 0 Å². The molecule has 0 unspecified atom stereocenters. The van der Waals surface area contributed by atoms with Gasteiger partial charge in [-0.05, 0) is 53.6 Å². The van der Waals surface area contributed by atoms with E-state index in [1.165, 1.54) is 6.07 Å². The van der Waals surface area contributed by atoms with Gasteiger partial charge in [0.25, 0.3) is 0 Å². The fraction of sp³-hybridized carbons (Fsp3) is 0.364. The SMILES string of the molecule is O=C(c1cc(I)ccc1F)C1CCC1. The van der Waals surface area contributed by atoms with Gasteiger partial charge >= 0.3 is 0 Å². The summed E-state index contributed by atoms with van der Waals surface area (Å²) < 4.78 is 14.2. The van der Waals surface area contributed by atoms with E-state index in [1.54, 1.807) is 12.1 Å². The van der Waals surface area contributed by atoms with Crippen LogP contribution in [0.1, 0.15) is 29.6 Å². The third-order valence-electron chi connectivity index (χ3n) is 2.67. The van der Waals surface area contributed by atoms with Crippen LogP contribution in [0.2, 0.25) is 0 Å². The van der Waals surface area contributed by atoms with Gasteiger partial charge in [-0.15, -0.1) is 0 Å². The lowest BCUT2D eigenvalue weighted by atomic mass is 9.80. The first-order valence-corrected chi connectivity index (χ1v) is 5.75. The molecule has 1 aromatic carbocycles. The second kappa shape index (κ2) is 3.96. The first-order valence-electron chi connectivity index (χ1n) is 4.68. The summed E-state index contributed by atoms with van der Waals surface area (Å²) >= 11 is 2.09. The summed E-state index contributed by atoms with van der Waals surface area (Å²) in [7, 11) is 0. The molecule has 14 heavy (non-hydrogen) atoms. The third kappa shape index (κ3) is 1.82. The van der Waals surface area contributed by atoms with Gasteiger partial charge < -0.3 is 0 Å². The molecule has 1 aliphatic carbocycles. The number of benzene rings is 1. The average molecular weight is 304 g/mol. The van der Waals surface area contributed by atoms with Crippen molar-refractivity contribution in [3.63, 3.8) is 0 Å². The molecule has 0 spiro atoms. The molecule has 0 amide bonds. The van der Waals surface area contributed by atoms with E-state index < -0.39 is 0 Å².